The molecule has 0 spiro atoms. The van der Waals surface area contributed by atoms with Crippen LogP contribution in [0.5, 0.6) is 0 Å². The van der Waals surface area contributed by atoms with Crippen molar-refractivity contribution in [3.8, 4) is 0 Å². The summed E-state index contributed by atoms with van der Waals surface area (Å²) in [4.78, 5) is 0. The molecule has 0 bridgehead atoms. The quantitative estimate of drug-likeness (QED) is 0.545. The Balaban J connectivity index is 1.84. The first-order valence-electron chi connectivity index (χ1n) is 8.23. The van der Waals surface area contributed by atoms with Crippen molar-refractivity contribution in [3.63, 3.8) is 0 Å². The number of rotatable bonds is 0. The van der Waals surface area contributed by atoms with Crippen molar-refractivity contribution < 1.29 is 0 Å². The molecule has 0 N–H and O–H groups in total. The van der Waals surface area contributed by atoms with Crippen molar-refractivity contribution in [1.82, 2.24) is 0 Å². The highest BCUT2D eigenvalue weighted by atomic mass is 14.5. The third kappa shape index (κ3) is 1.88. The zero-order chi connectivity index (χ0) is 12.7. The van der Waals surface area contributed by atoms with Gasteiger partial charge in [-0.1, -0.05) is 49.6 Å². The van der Waals surface area contributed by atoms with Crippen LogP contribution in [-0.4, -0.2) is 0 Å². The highest BCUT2D eigenvalue weighted by Gasteiger charge is 2.43. The van der Waals surface area contributed by atoms with Crippen molar-refractivity contribution in [2.75, 3.05) is 0 Å². The Kier molecular flexibility index (Phi) is 2.98. The van der Waals surface area contributed by atoms with Crippen LogP contribution in [0.4, 0.5) is 0 Å². The molecule has 2 fully saturated rings. The molecule has 3 unspecified atom stereocenters. The smallest absolute Gasteiger partial charge is 0.0122 e. The lowest BCUT2D eigenvalue weighted by molar-refractivity contribution is 0.231. The molecule has 0 aromatic rings. The largest absolute Gasteiger partial charge is 0.0622 e. The molecule has 0 radical (unpaired) electrons. The fraction of sp³-hybridized carbons (Fsp3) is 0.579. The van der Waals surface area contributed by atoms with Crippen LogP contribution in [0.15, 0.2) is 47.1 Å². The van der Waals surface area contributed by atoms with Crippen LogP contribution in [0, 0.1) is 17.8 Å². The van der Waals surface area contributed by atoms with Gasteiger partial charge in [0, 0.05) is 0 Å². The molecule has 19 heavy (non-hydrogen) atoms. The molecule has 0 aliphatic heterocycles. The molecule has 0 aromatic heterocycles. The van der Waals surface area contributed by atoms with Gasteiger partial charge in [-0.15, -0.1) is 0 Å². The Morgan fingerprint density at radius 1 is 0.789 bits per heavy atom. The summed E-state index contributed by atoms with van der Waals surface area (Å²) in [6.45, 7) is 0. The molecule has 4 aliphatic carbocycles. The monoisotopic (exact) mass is 252 g/mol. The lowest BCUT2D eigenvalue weighted by Gasteiger charge is -2.31. The van der Waals surface area contributed by atoms with Gasteiger partial charge in [-0.2, -0.15) is 0 Å². The van der Waals surface area contributed by atoms with Crippen LogP contribution in [0.1, 0.15) is 51.4 Å². The molecule has 2 saturated carbocycles. The van der Waals surface area contributed by atoms with Crippen molar-refractivity contribution in [2.45, 2.75) is 51.4 Å². The number of fused-ring (bicyclic) bond motifs is 3. The van der Waals surface area contributed by atoms with E-state index in [1.54, 1.807) is 16.7 Å². The maximum absolute atomic E-state index is 2.45. The topological polar surface area (TPSA) is 0 Å². The second-order valence-corrected chi connectivity index (χ2v) is 6.71. The lowest BCUT2D eigenvalue weighted by atomic mass is 9.74. The summed E-state index contributed by atoms with van der Waals surface area (Å²) in [6, 6.07) is 0. The summed E-state index contributed by atoms with van der Waals surface area (Å²) in [5, 5.41) is 0. The minimum Gasteiger partial charge on any atom is -0.0622 e. The summed E-state index contributed by atoms with van der Waals surface area (Å²) in [6.07, 6.45) is 23.1. The van der Waals surface area contributed by atoms with Crippen molar-refractivity contribution in [3.05, 3.63) is 47.1 Å². The number of allylic oxidation sites excluding steroid dienone is 8. The van der Waals surface area contributed by atoms with Crippen LogP contribution in [0.3, 0.4) is 0 Å². The van der Waals surface area contributed by atoms with Gasteiger partial charge in [-0.3, -0.25) is 0 Å². The first-order chi connectivity index (χ1) is 9.45. The highest BCUT2D eigenvalue weighted by Crippen LogP contribution is 2.55. The lowest BCUT2D eigenvalue weighted by Crippen LogP contribution is -2.21. The maximum atomic E-state index is 2.45. The summed E-state index contributed by atoms with van der Waals surface area (Å²) >= 11 is 0. The molecule has 0 nitrogen and oxygen atoms in total. The van der Waals surface area contributed by atoms with E-state index in [1.807, 2.05) is 0 Å². The van der Waals surface area contributed by atoms with Crippen molar-refractivity contribution >= 4 is 0 Å². The van der Waals surface area contributed by atoms with E-state index < -0.39 is 0 Å². The predicted octanol–water partition coefficient (Wildman–Crippen LogP) is 5.35. The third-order valence-electron chi connectivity index (χ3n) is 5.77. The molecule has 0 aromatic carbocycles. The molecule has 3 atom stereocenters. The average Bonchev–Trinajstić information content (AvgIpc) is 2.58. The standard InChI is InChI=1S/C19H24/c1-2-8-14-9-4-5-13-18-16-11-7-6-10-15(16)17(12-3-1)19(14)18/h1-3,8,12,15-16,18H,4-7,9-11,13H2. The Morgan fingerprint density at radius 3 is 2.63 bits per heavy atom. The van der Waals surface area contributed by atoms with E-state index in [0.29, 0.717) is 0 Å². The van der Waals surface area contributed by atoms with Crippen molar-refractivity contribution in [1.29, 1.82) is 0 Å². The van der Waals surface area contributed by atoms with Gasteiger partial charge in [0.15, 0.2) is 0 Å². The van der Waals surface area contributed by atoms with Crippen LogP contribution in [-0.2, 0) is 0 Å². The molecule has 0 heteroatoms. The Hall–Kier alpha value is -1.04. The predicted molar refractivity (Wildman–Crippen MR) is 80.8 cm³/mol. The van der Waals surface area contributed by atoms with Gasteiger partial charge < -0.3 is 0 Å². The average molecular weight is 252 g/mol. The molecule has 4 aliphatic rings. The minimum atomic E-state index is 0.887. The number of hydrogen-bond acceptors (Lipinski definition) is 0. The van der Waals surface area contributed by atoms with Gasteiger partial charge in [0.2, 0.25) is 0 Å². The van der Waals surface area contributed by atoms with Gasteiger partial charge in [-0.05, 0) is 66.6 Å². The third-order valence-corrected chi connectivity index (χ3v) is 5.77. The van der Waals surface area contributed by atoms with E-state index in [0.717, 1.165) is 17.8 Å². The van der Waals surface area contributed by atoms with E-state index in [1.165, 1.54) is 51.4 Å². The second kappa shape index (κ2) is 4.81. The zero-order valence-corrected chi connectivity index (χ0v) is 11.8. The van der Waals surface area contributed by atoms with Crippen LogP contribution in [0.25, 0.3) is 0 Å². The summed E-state index contributed by atoms with van der Waals surface area (Å²) < 4.78 is 0. The zero-order valence-electron chi connectivity index (χ0n) is 11.8. The van der Waals surface area contributed by atoms with Crippen LogP contribution < -0.4 is 0 Å². The van der Waals surface area contributed by atoms with Crippen LogP contribution >= 0.6 is 0 Å². The van der Waals surface area contributed by atoms with Gasteiger partial charge in [0.1, 0.15) is 0 Å². The van der Waals surface area contributed by atoms with E-state index >= 15 is 0 Å². The number of hydrogen-bond donors (Lipinski definition) is 0. The summed E-state index contributed by atoms with van der Waals surface area (Å²) in [5.41, 5.74) is 5.19. The minimum absolute atomic E-state index is 0.887. The molecule has 4 rings (SSSR count). The highest BCUT2D eigenvalue weighted by molar-refractivity contribution is 5.51. The fourth-order valence-electron chi connectivity index (χ4n) is 5.03. The second-order valence-electron chi connectivity index (χ2n) is 6.71. The van der Waals surface area contributed by atoms with Crippen LogP contribution in [0.2, 0.25) is 0 Å². The normalized spacial score (nSPS) is 37.1. The Bertz CT molecular complexity index is 486. The maximum Gasteiger partial charge on any atom is -0.0122 e. The van der Waals surface area contributed by atoms with E-state index in [4.69, 9.17) is 0 Å². The molecular weight excluding hydrogens is 228 g/mol. The van der Waals surface area contributed by atoms with Gasteiger partial charge in [-0.25, -0.2) is 0 Å². The molecule has 0 heterocycles. The van der Waals surface area contributed by atoms with Gasteiger partial charge in [0.25, 0.3) is 0 Å². The fourth-order valence-corrected chi connectivity index (χ4v) is 5.03. The molecule has 0 amide bonds. The Morgan fingerprint density at radius 2 is 1.63 bits per heavy atom. The van der Waals surface area contributed by atoms with E-state index in [-0.39, 0.29) is 0 Å². The summed E-state index contributed by atoms with van der Waals surface area (Å²) in [7, 11) is 0. The first-order valence-corrected chi connectivity index (χ1v) is 8.23. The SMILES string of the molecule is C1=CC=C2CCCCC3C2=C(C=C1)C1CCCCC13. The summed E-state index contributed by atoms with van der Waals surface area (Å²) in [5.74, 6) is 2.76. The Labute approximate surface area is 117 Å². The first kappa shape index (κ1) is 11.8. The van der Waals surface area contributed by atoms with Crippen molar-refractivity contribution in [2.24, 2.45) is 17.8 Å². The molecule has 100 valence electrons. The van der Waals surface area contributed by atoms with Gasteiger partial charge >= 0.3 is 0 Å². The molecule has 0 saturated heterocycles. The van der Waals surface area contributed by atoms with E-state index in [2.05, 4.69) is 30.4 Å². The van der Waals surface area contributed by atoms with E-state index in [9.17, 15) is 0 Å². The molecular formula is C19H24. The van der Waals surface area contributed by atoms with Gasteiger partial charge in [0.05, 0.1) is 0 Å².